The highest BCUT2D eigenvalue weighted by Crippen LogP contribution is 2.30. The van der Waals surface area contributed by atoms with Crippen LogP contribution in [0.3, 0.4) is 0 Å². The first-order chi connectivity index (χ1) is 10.6. The van der Waals surface area contributed by atoms with Gasteiger partial charge in [0.15, 0.2) is 0 Å². The molecule has 0 amide bonds. The van der Waals surface area contributed by atoms with Crippen LogP contribution in [0.25, 0.3) is 0 Å². The fourth-order valence-corrected chi connectivity index (χ4v) is 2.54. The van der Waals surface area contributed by atoms with Crippen molar-refractivity contribution in [2.45, 2.75) is 32.6 Å². The molecule has 0 radical (unpaired) electrons. The number of rotatable bonds is 8. The van der Waals surface area contributed by atoms with Gasteiger partial charge in [-0.05, 0) is 44.9 Å². The summed E-state index contributed by atoms with van der Waals surface area (Å²) in [6, 6.07) is 7.24. The van der Waals surface area contributed by atoms with E-state index in [-0.39, 0.29) is 19.2 Å². The van der Waals surface area contributed by atoms with Gasteiger partial charge >= 0.3 is 11.9 Å². The molecule has 5 nitrogen and oxygen atoms in total. The molecule has 0 fully saturated rings. The highest BCUT2D eigenvalue weighted by molar-refractivity contribution is 9.10. The number of esters is 1. The summed E-state index contributed by atoms with van der Waals surface area (Å²) in [5, 5.41) is 9.62. The molecule has 0 aliphatic rings. The zero-order chi connectivity index (χ0) is 17.7. The predicted molar refractivity (Wildman–Crippen MR) is 90.4 cm³/mol. The van der Waals surface area contributed by atoms with E-state index in [1.165, 1.54) is 7.11 Å². The minimum absolute atomic E-state index is 0.174. The maximum atomic E-state index is 11.7. The van der Waals surface area contributed by atoms with Crippen molar-refractivity contribution in [1.29, 1.82) is 0 Å². The van der Waals surface area contributed by atoms with Crippen molar-refractivity contribution in [3.05, 3.63) is 34.3 Å². The van der Waals surface area contributed by atoms with Crippen molar-refractivity contribution in [3.8, 4) is 0 Å². The Morgan fingerprint density at radius 2 is 1.91 bits per heavy atom. The molecule has 1 atom stereocenters. The Balaban J connectivity index is 2.72. The molecule has 6 heteroatoms. The highest BCUT2D eigenvalue weighted by Gasteiger charge is 2.35. The number of methoxy groups -OCH3 is 1. The molecule has 0 bridgehead atoms. The van der Waals surface area contributed by atoms with Crippen LogP contribution < -0.4 is 0 Å². The molecule has 1 aromatic carbocycles. The van der Waals surface area contributed by atoms with E-state index in [2.05, 4.69) is 15.9 Å². The summed E-state index contributed by atoms with van der Waals surface area (Å²) < 4.78 is 11.1. The minimum Gasteiger partial charge on any atom is -0.481 e. The topological polar surface area (TPSA) is 72.8 Å². The summed E-state index contributed by atoms with van der Waals surface area (Å²) in [4.78, 5) is 23.3. The summed E-state index contributed by atoms with van der Waals surface area (Å²) in [7, 11) is 1.33. The molecule has 23 heavy (non-hydrogen) atoms. The summed E-state index contributed by atoms with van der Waals surface area (Å²) in [5.74, 6) is -1.27. The lowest BCUT2D eigenvalue weighted by molar-refractivity contribution is -0.155. The first-order valence-electron chi connectivity index (χ1n) is 7.29. The van der Waals surface area contributed by atoms with Gasteiger partial charge in [0.2, 0.25) is 0 Å². The molecule has 1 rings (SSSR count). The van der Waals surface area contributed by atoms with Crippen molar-refractivity contribution in [2.75, 3.05) is 20.3 Å². The second-order valence-electron chi connectivity index (χ2n) is 6.33. The third-order valence-electron chi connectivity index (χ3n) is 3.88. The van der Waals surface area contributed by atoms with E-state index in [0.717, 1.165) is 4.47 Å². The molecule has 0 aliphatic carbocycles. The van der Waals surface area contributed by atoms with E-state index >= 15 is 0 Å². The Morgan fingerprint density at radius 1 is 1.26 bits per heavy atom. The van der Waals surface area contributed by atoms with E-state index in [1.807, 2.05) is 12.1 Å². The summed E-state index contributed by atoms with van der Waals surface area (Å²) in [5.41, 5.74) is -1.11. The fraction of sp³-hybridized carbons (Fsp3) is 0.529. The predicted octanol–water partition coefficient (Wildman–Crippen LogP) is 3.40. The lowest BCUT2D eigenvalue weighted by Crippen LogP contribution is -2.35. The average molecular weight is 387 g/mol. The Hall–Kier alpha value is -1.40. The molecule has 1 unspecified atom stereocenters. The van der Waals surface area contributed by atoms with Crippen LogP contribution in [0, 0.1) is 5.41 Å². The standard InChI is InChI=1S/C17H23BrO5/c1-16(2,15(21)22-4)11-23-9-8-17(3,14(19)20)12-6-5-7-13(18)10-12/h5-7,10H,8-9,11H2,1-4H3,(H,19,20). The highest BCUT2D eigenvalue weighted by atomic mass is 79.9. The zero-order valence-corrected chi connectivity index (χ0v) is 15.5. The Morgan fingerprint density at radius 3 is 2.43 bits per heavy atom. The molecule has 0 saturated carbocycles. The number of benzene rings is 1. The Bertz CT molecular complexity index is 570. The molecule has 1 aromatic rings. The monoisotopic (exact) mass is 386 g/mol. The van der Waals surface area contributed by atoms with Gasteiger partial charge in [0.25, 0.3) is 0 Å². The van der Waals surface area contributed by atoms with Crippen molar-refractivity contribution in [2.24, 2.45) is 5.41 Å². The molecule has 0 aromatic heterocycles. The van der Waals surface area contributed by atoms with Crippen molar-refractivity contribution < 1.29 is 24.2 Å². The number of carbonyl (C=O) groups is 2. The van der Waals surface area contributed by atoms with Crippen molar-refractivity contribution in [3.63, 3.8) is 0 Å². The fourth-order valence-electron chi connectivity index (χ4n) is 2.15. The van der Waals surface area contributed by atoms with Gasteiger partial charge in [-0.25, -0.2) is 0 Å². The number of ether oxygens (including phenoxy) is 2. The van der Waals surface area contributed by atoms with E-state index in [0.29, 0.717) is 12.0 Å². The second kappa shape index (κ2) is 7.93. The summed E-state index contributed by atoms with van der Waals surface area (Å²) in [6.45, 7) is 5.53. The van der Waals surface area contributed by atoms with Gasteiger partial charge in [-0.15, -0.1) is 0 Å². The molecule has 128 valence electrons. The van der Waals surface area contributed by atoms with Crippen LogP contribution in [0.15, 0.2) is 28.7 Å². The van der Waals surface area contributed by atoms with Crippen LogP contribution in [0.4, 0.5) is 0 Å². The lowest BCUT2D eigenvalue weighted by Gasteiger charge is -2.27. The lowest BCUT2D eigenvalue weighted by atomic mass is 9.80. The minimum atomic E-state index is -1.06. The van der Waals surface area contributed by atoms with Gasteiger partial charge < -0.3 is 14.6 Å². The maximum absolute atomic E-state index is 11.7. The molecule has 0 spiro atoms. The number of aliphatic carboxylic acids is 1. The number of halogens is 1. The first kappa shape index (κ1) is 19.6. The average Bonchev–Trinajstić information content (AvgIpc) is 2.50. The molecule has 1 N–H and O–H groups in total. The molecule has 0 saturated heterocycles. The maximum Gasteiger partial charge on any atom is 0.313 e. The van der Waals surface area contributed by atoms with Crippen molar-refractivity contribution >= 4 is 27.9 Å². The zero-order valence-electron chi connectivity index (χ0n) is 13.9. The Labute approximate surface area is 145 Å². The van der Waals surface area contributed by atoms with Gasteiger partial charge in [0.1, 0.15) is 0 Å². The molecular weight excluding hydrogens is 364 g/mol. The number of carbonyl (C=O) groups excluding carboxylic acids is 1. The third-order valence-corrected chi connectivity index (χ3v) is 4.37. The van der Waals surface area contributed by atoms with Crippen LogP contribution in [-0.4, -0.2) is 37.4 Å². The second-order valence-corrected chi connectivity index (χ2v) is 7.24. The SMILES string of the molecule is COC(=O)C(C)(C)COCCC(C)(C(=O)O)c1cccc(Br)c1. The first-order valence-corrected chi connectivity index (χ1v) is 8.08. The largest absolute Gasteiger partial charge is 0.481 e. The third kappa shape index (κ3) is 5.04. The molecular formula is C17H23BrO5. The quantitative estimate of drug-likeness (QED) is 0.547. The normalized spacial score (nSPS) is 14.1. The summed E-state index contributed by atoms with van der Waals surface area (Å²) >= 11 is 3.36. The van der Waals surface area contributed by atoms with Gasteiger partial charge in [-0.3, -0.25) is 9.59 Å². The van der Waals surface area contributed by atoms with E-state index < -0.39 is 16.8 Å². The van der Waals surface area contributed by atoms with Crippen LogP contribution in [0.1, 0.15) is 32.8 Å². The van der Waals surface area contributed by atoms with E-state index in [4.69, 9.17) is 9.47 Å². The van der Waals surface area contributed by atoms with Crippen LogP contribution in [-0.2, 0) is 24.5 Å². The van der Waals surface area contributed by atoms with Crippen molar-refractivity contribution in [1.82, 2.24) is 0 Å². The number of hydrogen-bond acceptors (Lipinski definition) is 4. The Kier molecular flexibility index (Phi) is 6.77. The number of hydrogen-bond donors (Lipinski definition) is 1. The number of carboxylic acid groups (broad SMARTS) is 1. The van der Waals surface area contributed by atoms with E-state index in [9.17, 15) is 14.7 Å². The molecule has 0 heterocycles. The summed E-state index contributed by atoms with van der Waals surface area (Å²) in [6.07, 6.45) is 0.302. The van der Waals surface area contributed by atoms with Crippen LogP contribution in [0.5, 0.6) is 0 Å². The van der Waals surface area contributed by atoms with Gasteiger partial charge in [0, 0.05) is 11.1 Å². The number of carboxylic acids is 1. The smallest absolute Gasteiger partial charge is 0.313 e. The van der Waals surface area contributed by atoms with Gasteiger partial charge in [0.05, 0.1) is 24.5 Å². The van der Waals surface area contributed by atoms with Gasteiger partial charge in [-0.1, -0.05) is 28.1 Å². The van der Waals surface area contributed by atoms with Crippen LogP contribution >= 0.6 is 15.9 Å². The molecule has 0 aliphatic heterocycles. The van der Waals surface area contributed by atoms with E-state index in [1.54, 1.807) is 32.9 Å². The van der Waals surface area contributed by atoms with Gasteiger partial charge in [-0.2, -0.15) is 0 Å². The van der Waals surface area contributed by atoms with Crippen LogP contribution in [0.2, 0.25) is 0 Å².